The number of benzene rings is 1. The van der Waals surface area contributed by atoms with Gasteiger partial charge in [-0.1, -0.05) is 32.0 Å². The van der Waals surface area contributed by atoms with Crippen molar-refractivity contribution in [3.63, 3.8) is 0 Å². The van der Waals surface area contributed by atoms with Crippen molar-refractivity contribution < 1.29 is 5.11 Å². The molecule has 2 aromatic rings. The number of aliphatic hydroxyl groups excluding tert-OH is 1. The summed E-state index contributed by atoms with van der Waals surface area (Å²) in [5, 5.41) is 14.6. The largest absolute Gasteiger partial charge is 0.396 e. The third-order valence-electron chi connectivity index (χ3n) is 2.79. The standard InChI is InChI=1S/C15H20N2OS/c1-11(2)16-10-13-9-12-5-3-4-6-14(12)17-15(13)19-8-7-18/h3-6,9,11,16,18H,7-8,10H2,1-2H3. The van der Waals surface area contributed by atoms with Crippen LogP contribution < -0.4 is 5.32 Å². The maximum atomic E-state index is 8.99. The number of rotatable bonds is 6. The highest BCUT2D eigenvalue weighted by Gasteiger charge is 2.08. The van der Waals surface area contributed by atoms with Crippen molar-refractivity contribution in [3.05, 3.63) is 35.9 Å². The molecule has 4 heteroatoms. The van der Waals surface area contributed by atoms with E-state index in [0.717, 1.165) is 22.5 Å². The average molecular weight is 276 g/mol. The second-order valence-corrected chi connectivity index (χ2v) is 5.84. The van der Waals surface area contributed by atoms with Crippen LogP contribution in [0.15, 0.2) is 35.4 Å². The van der Waals surface area contributed by atoms with Crippen LogP contribution in [0.4, 0.5) is 0 Å². The summed E-state index contributed by atoms with van der Waals surface area (Å²) in [6.07, 6.45) is 0. The van der Waals surface area contributed by atoms with Gasteiger partial charge in [0.15, 0.2) is 0 Å². The minimum absolute atomic E-state index is 0.177. The van der Waals surface area contributed by atoms with Crippen LogP contribution in [0.25, 0.3) is 10.9 Å². The molecule has 1 aromatic carbocycles. The molecule has 2 N–H and O–H groups in total. The Morgan fingerprint density at radius 1 is 1.32 bits per heavy atom. The van der Waals surface area contributed by atoms with E-state index in [0.29, 0.717) is 11.8 Å². The third kappa shape index (κ3) is 3.93. The van der Waals surface area contributed by atoms with Gasteiger partial charge in [0.1, 0.15) is 5.03 Å². The van der Waals surface area contributed by atoms with Gasteiger partial charge in [-0.25, -0.2) is 4.98 Å². The summed E-state index contributed by atoms with van der Waals surface area (Å²) < 4.78 is 0. The van der Waals surface area contributed by atoms with Gasteiger partial charge in [-0.05, 0) is 17.7 Å². The van der Waals surface area contributed by atoms with E-state index in [9.17, 15) is 0 Å². The molecule has 19 heavy (non-hydrogen) atoms. The Morgan fingerprint density at radius 2 is 2.11 bits per heavy atom. The highest BCUT2D eigenvalue weighted by atomic mass is 32.2. The molecule has 102 valence electrons. The Bertz CT molecular complexity index is 543. The lowest BCUT2D eigenvalue weighted by Gasteiger charge is -2.12. The van der Waals surface area contributed by atoms with Gasteiger partial charge in [-0.15, -0.1) is 11.8 Å². The minimum atomic E-state index is 0.177. The van der Waals surface area contributed by atoms with Crippen molar-refractivity contribution >= 4 is 22.7 Å². The minimum Gasteiger partial charge on any atom is -0.396 e. The van der Waals surface area contributed by atoms with Crippen LogP contribution in [-0.2, 0) is 6.54 Å². The number of nitrogens with one attached hydrogen (secondary N) is 1. The predicted octanol–water partition coefficient (Wildman–Crippen LogP) is 2.82. The van der Waals surface area contributed by atoms with Crippen LogP contribution in [0.1, 0.15) is 19.4 Å². The Morgan fingerprint density at radius 3 is 2.84 bits per heavy atom. The first-order valence-electron chi connectivity index (χ1n) is 6.56. The van der Waals surface area contributed by atoms with Crippen molar-refractivity contribution in [2.75, 3.05) is 12.4 Å². The molecule has 1 aromatic heterocycles. The van der Waals surface area contributed by atoms with E-state index in [4.69, 9.17) is 10.1 Å². The predicted molar refractivity (Wildman–Crippen MR) is 81.5 cm³/mol. The molecular weight excluding hydrogens is 256 g/mol. The number of nitrogens with zero attached hydrogens (tertiary/aromatic N) is 1. The van der Waals surface area contributed by atoms with E-state index < -0.39 is 0 Å². The normalized spacial score (nSPS) is 11.4. The molecule has 0 aliphatic rings. The van der Waals surface area contributed by atoms with Crippen LogP contribution in [0.2, 0.25) is 0 Å². The smallest absolute Gasteiger partial charge is 0.101 e. The highest BCUT2D eigenvalue weighted by Crippen LogP contribution is 2.24. The molecule has 0 fully saturated rings. The third-order valence-corrected chi connectivity index (χ3v) is 3.81. The molecule has 0 saturated carbocycles. The number of para-hydroxylation sites is 1. The number of hydrogen-bond acceptors (Lipinski definition) is 4. The Labute approximate surface area is 118 Å². The molecule has 0 bridgehead atoms. The van der Waals surface area contributed by atoms with E-state index >= 15 is 0 Å². The highest BCUT2D eigenvalue weighted by molar-refractivity contribution is 7.99. The van der Waals surface area contributed by atoms with E-state index in [1.165, 1.54) is 5.56 Å². The average Bonchev–Trinajstić information content (AvgIpc) is 2.42. The fourth-order valence-corrected chi connectivity index (χ4v) is 2.61. The van der Waals surface area contributed by atoms with E-state index in [1.807, 2.05) is 18.2 Å². The molecule has 0 amide bonds. The van der Waals surface area contributed by atoms with Gasteiger partial charge in [-0.2, -0.15) is 0 Å². The molecule has 0 spiro atoms. The van der Waals surface area contributed by atoms with E-state index in [-0.39, 0.29) is 6.61 Å². The molecule has 0 atom stereocenters. The van der Waals surface area contributed by atoms with E-state index in [1.54, 1.807) is 11.8 Å². The van der Waals surface area contributed by atoms with Crippen LogP contribution in [0.3, 0.4) is 0 Å². The molecule has 0 saturated heterocycles. The SMILES string of the molecule is CC(C)NCc1cc2ccccc2nc1SCCO. The quantitative estimate of drug-likeness (QED) is 0.796. The molecule has 0 radical (unpaired) electrons. The second kappa shape index (κ2) is 6.89. The summed E-state index contributed by atoms with van der Waals surface area (Å²) in [7, 11) is 0. The zero-order valence-electron chi connectivity index (χ0n) is 11.4. The van der Waals surface area contributed by atoms with Crippen LogP contribution >= 0.6 is 11.8 Å². The number of pyridine rings is 1. The summed E-state index contributed by atoms with van der Waals surface area (Å²) in [6, 6.07) is 10.8. The van der Waals surface area contributed by atoms with E-state index in [2.05, 4.69) is 31.3 Å². The summed E-state index contributed by atoms with van der Waals surface area (Å²) >= 11 is 1.61. The molecule has 3 nitrogen and oxygen atoms in total. The lowest BCUT2D eigenvalue weighted by molar-refractivity contribution is 0.322. The number of aliphatic hydroxyl groups is 1. The second-order valence-electron chi connectivity index (χ2n) is 4.75. The van der Waals surface area contributed by atoms with Gasteiger partial charge >= 0.3 is 0 Å². The van der Waals surface area contributed by atoms with Gasteiger partial charge < -0.3 is 10.4 Å². The van der Waals surface area contributed by atoms with Gasteiger partial charge in [0.25, 0.3) is 0 Å². The molecule has 0 unspecified atom stereocenters. The van der Waals surface area contributed by atoms with Crippen LogP contribution in [0, 0.1) is 0 Å². The lowest BCUT2D eigenvalue weighted by Crippen LogP contribution is -2.22. The topological polar surface area (TPSA) is 45.2 Å². The Kier molecular flexibility index (Phi) is 5.19. The zero-order valence-corrected chi connectivity index (χ0v) is 12.2. The fraction of sp³-hybridized carbons (Fsp3) is 0.400. The lowest BCUT2D eigenvalue weighted by atomic mass is 10.1. The fourth-order valence-electron chi connectivity index (χ4n) is 1.85. The van der Waals surface area contributed by atoms with Crippen LogP contribution in [-0.4, -0.2) is 28.5 Å². The molecule has 2 rings (SSSR count). The van der Waals surface area contributed by atoms with Crippen molar-refractivity contribution in [1.29, 1.82) is 0 Å². The number of thioether (sulfide) groups is 1. The Hall–Kier alpha value is -1.10. The van der Waals surface area contributed by atoms with Crippen LogP contribution in [0.5, 0.6) is 0 Å². The van der Waals surface area contributed by atoms with Crippen molar-refractivity contribution in [2.45, 2.75) is 31.5 Å². The first kappa shape index (κ1) is 14.3. The monoisotopic (exact) mass is 276 g/mol. The number of fused-ring (bicyclic) bond motifs is 1. The first-order valence-corrected chi connectivity index (χ1v) is 7.55. The van der Waals surface area contributed by atoms with Gasteiger partial charge in [0.05, 0.1) is 12.1 Å². The molecule has 0 aliphatic heterocycles. The summed E-state index contributed by atoms with van der Waals surface area (Å²) in [6.45, 7) is 5.25. The van der Waals surface area contributed by atoms with Crippen molar-refractivity contribution in [3.8, 4) is 0 Å². The summed E-state index contributed by atoms with van der Waals surface area (Å²) in [5.74, 6) is 0.681. The maximum absolute atomic E-state index is 8.99. The summed E-state index contributed by atoms with van der Waals surface area (Å²) in [5.41, 5.74) is 2.21. The molecular formula is C15H20N2OS. The summed E-state index contributed by atoms with van der Waals surface area (Å²) in [4.78, 5) is 4.70. The number of aromatic nitrogens is 1. The van der Waals surface area contributed by atoms with Gasteiger partial charge in [0.2, 0.25) is 0 Å². The maximum Gasteiger partial charge on any atom is 0.101 e. The number of hydrogen-bond donors (Lipinski definition) is 2. The first-order chi connectivity index (χ1) is 9.20. The van der Waals surface area contributed by atoms with Crippen molar-refractivity contribution in [2.24, 2.45) is 0 Å². The van der Waals surface area contributed by atoms with Gasteiger partial charge in [0, 0.05) is 23.7 Å². The van der Waals surface area contributed by atoms with Crippen molar-refractivity contribution in [1.82, 2.24) is 10.3 Å². The zero-order chi connectivity index (χ0) is 13.7. The molecule has 1 heterocycles. The Balaban J connectivity index is 2.32. The van der Waals surface area contributed by atoms with Gasteiger partial charge in [-0.3, -0.25) is 0 Å². The molecule has 0 aliphatic carbocycles.